The molecule has 2 rings (SSSR count). The fourth-order valence-corrected chi connectivity index (χ4v) is 3.12. The minimum atomic E-state index is -0.456. The van der Waals surface area contributed by atoms with Gasteiger partial charge in [-0.05, 0) is 49.9 Å². The van der Waals surface area contributed by atoms with Crippen molar-refractivity contribution in [3.8, 4) is 0 Å². The third kappa shape index (κ3) is 4.00. The van der Waals surface area contributed by atoms with E-state index in [1.807, 2.05) is 25.7 Å². The summed E-state index contributed by atoms with van der Waals surface area (Å²) in [4.78, 5) is 14.2. The van der Waals surface area contributed by atoms with Crippen molar-refractivity contribution in [3.63, 3.8) is 0 Å². The number of fused-ring (bicyclic) bond motifs is 1. The predicted octanol–water partition coefficient (Wildman–Crippen LogP) is 4.94. The lowest BCUT2D eigenvalue weighted by Crippen LogP contribution is -2.42. The predicted molar refractivity (Wildman–Crippen MR) is 88.4 cm³/mol. The highest BCUT2D eigenvalue weighted by atomic mass is 79.9. The Labute approximate surface area is 135 Å². The lowest BCUT2D eigenvalue weighted by molar-refractivity contribution is 0.0194. The molecule has 0 spiro atoms. The van der Waals surface area contributed by atoms with Gasteiger partial charge in [-0.15, -0.1) is 0 Å². The van der Waals surface area contributed by atoms with Gasteiger partial charge in [0.05, 0.1) is 0 Å². The first-order valence-electron chi connectivity index (χ1n) is 7.43. The molecule has 21 heavy (non-hydrogen) atoms. The van der Waals surface area contributed by atoms with E-state index in [1.165, 1.54) is 11.1 Å². The van der Waals surface area contributed by atoms with Gasteiger partial charge in [-0.1, -0.05) is 35.8 Å². The van der Waals surface area contributed by atoms with E-state index in [1.54, 1.807) is 0 Å². The van der Waals surface area contributed by atoms with Crippen LogP contribution in [0.5, 0.6) is 0 Å². The van der Waals surface area contributed by atoms with Crippen LogP contribution in [0, 0.1) is 5.92 Å². The van der Waals surface area contributed by atoms with Gasteiger partial charge in [0, 0.05) is 23.5 Å². The summed E-state index contributed by atoms with van der Waals surface area (Å²) in [6.07, 6.45) is -0.223. The van der Waals surface area contributed by atoms with Crippen LogP contribution in [0.15, 0.2) is 22.7 Å². The fourth-order valence-electron chi connectivity index (χ4n) is 2.71. The number of ether oxygens (including phenoxy) is 1. The van der Waals surface area contributed by atoms with Crippen LogP contribution in [0.4, 0.5) is 4.79 Å². The molecule has 1 amide bonds. The number of nitrogens with zero attached hydrogens (tertiary/aromatic N) is 1. The topological polar surface area (TPSA) is 29.5 Å². The highest BCUT2D eigenvalue weighted by molar-refractivity contribution is 9.10. The van der Waals surface area contributed by atoms with Crippen molar-refractivity contribution in [2.45, 2.75) is 52.7 Å². The molecule has 0 saturated heterocycles. The maximum atomic E-state index is 12.4. The molecule has 0 N–H and O–H groups in total. The quantitative estimate of drug-likeness (QED) is 0.715. The Kier molecular flexibility index (Phi) is 4.66. The molecule has 1 aliphatic heterocycles. The molecule has 0 aromatic heterocycles. The van der Waals surface area contributed by atoms with E-state index in [4.69, 9.17) is 4.74 Å². The zero-order chi connectivity index (χ0) is 15.8. The van der Waals surface area contributed by atoms with Gasteiger partial charge in [0.1, 0.15) is 5.60 Å². The Balaban J connectivity index is 2.27. The lowest BCUT2D eigenvalue weighted by Gasteiger charge is -2.37. The second-order valence-corrected chi connectivity index (χ2v) is 7.97. The van der Waals surface area contributed by atoms with E-state index in [0.717, 1.165) is 11.0 Å². The summed E-state index contributed by atoms with van der Waals surface area (Å²) in [6.45, 7) is 11.5. The van der Waals surface area contributed by atoms with Crippen LogP contribution < -0.4 is 0 Å². The molecule has 1 aliphatic rings. The Morgan fingerprint density at radius 1 is 1.38 bits per heavy atom. The number of hydrogen-bond acceptors (Lipinski definition) is 2. The zero-order valence-electron chi connectivity index (χ0n) is 13.4. The molecular weight excluding hydrogens is 330 g/mol. The average molecular weight is 354 g/mol. The van der Waals surface area contributed by atoms with E-state index in [2.05, 4.69) is 48.0 Å². The molecule has 0 radical (unpaired) electrons. The second kappa shape index (κ2) is 5.99. The number of benzene rings is 1. The zero-order valence-corrected chi connectivity index (χ0v) is 15.0. The summed E-state index contributed by atoms with van der Waals surface area (Å²) in [5, 5.41) is 0. The highest BCUT2D eigenvalue weighted by Crippen LogP contribution is 2.35. The number of amides is 1. The van der Waals surface area contributed by atoms with Crippen molar-refractivity contribution in [3.05, 3.63) is 33.8 Å². The van der Waals surface area contributed by atoms with Crippen LogP contribution in [-0.4, -0.2) is 23.1 Å². The minimum Gasteiger partial charge on any atom is -0.444 e. The van der Waals surface area contributed by atoms with E-state index in [9.17, 15) is 4.79 Å². The molecule has 116 valence electrons. The molecule has 4 heteroatoms. The average Bonchev–Trinajstić information content (AvgIpc) is 2.34. The van der Waals surface area contributed by atoms with Crippen LogP contribution >= 0.6 is 15.9 Å². The number of rotatable bonds is 1. The number of hydrogen-bond donors (Lipinski definition) is 0. The van der Waals surface area contributed by atoms with Crippen molar-refractivity contribution in [2.75, 3.05) is 6.54 Å². The third-order valence-corrected chi connectivity index (χ3v) is 4.23. The van der Waals surface area contributed by atoms with Crippen molar-refractivity contribution in [1.29, 1.82) is 0 Å². The maximum absolute atomic E-state index is 12.4. The van der Waals surface area contributed by atoms with Gasteiger partial charge in [-0.25, -0.2) is 4.79 Å². The van der Waals surface area contributed by atoms with E-state index >= 15 is 0 Å². The second-order valence-electron chi connectivity index (χ2n) is 7.05. The van der Waals surface area contributed by atoms with E-state index in [0.29, 0.717) is 18.4 Å². The van der Waals surface area contributed by atoms with Crippen molar-refractivity contribution in [2.24, 2.45) is 5.92 Å². The summed E-state index contributed by atoms with van der Waals surface area (Å²) in [6, 6.07) is 6.37. The van der Waals surface area contributed by atoms with Crippen LogP contribution in [0.3, 0.4) is 0 Å². The van der Waals surface area contributed by atoms with Gasteiger partial charge in [-0.3, -0.25) is 0 Å². The SMILES string of the molecule is CC(C)C1CN(C(=O)OC(C)(C)C)Cc2cc(Br)ccc21. The molecule has 1 heterocycles. The molecule has 0 aliphatic carbocycles. The number of carbonyl (C=O) groups is 1. The van der Waals surface area contributed by atoms with Crippen LogP contribution in [-0.2, 0) is 11.3 Å². The standard InChI is InChI=1S/C17H24BrNO2/c1-11(2)15-10-19(16(20)21-17(3,4)5)9-12-8-13(18)6-7-14(12)15/h6-8,11,15H,9-10H2,1-5H3. The molecule has 0 fully saturated rings. The molecule has 3 nitrogen and oxygen atoms in total. The fraction of sp³-hybridized carbons (Fsp3) is 0.588. The summed E-state index contributed by atoms with van der Waals surface area (Å²) < 4.78 is 6.58. The maximum Gasteiger partial charge on any atom is 0.410 e. The molecular formula is C17H24BrNO2. The van der Waals surface area contributed by atoms with Crippen molar-refractivity contribution < 1.29 is 9.53 Å². The van der Waals surface area contributed by atoms with Crippen LogP contribution in [0.25, 0.3) is 0 Å². The molecule has 0 saturated carbocycles. The van der Waals surface area contributed by atoms with Gasteiger partial charge in [0.2, 0.25) is 0 Å². The third-order valence-electron chi connectivity index (χ3n) is 3.74. The molecule has 0 bridgehead atoms. The highest BCUT2D eigenvalue weighted by Gasteiger charge is 2.32. The van der Waals surface area contributed by atoms with Crippen molar-refractivity contribution >= 4 is 22.0 Å². The molecule has 1 aromatic rings. The van der Waals surface area contributed by atoms with Gasteiger partial charge >= 0.3 is 6.09 Å². The Bertz CT molecular complexity index is 534. The summed E-state index contributed by atoms with van der Waals surface area (Å²) in [7, 11) is 0. The number of halogens is 1. The first-order chi connectivity index (χ1) is 9.67. The molecule has 1 unspecified atom stereocenters. The molecule has 1 atom stereocenters. The van der Waals surface area contributed by atoms with E-state index in [-0.39, 0.29) is 6.09 Å². The van der Waals surface area contributed by atoms with Gasteiger partial charge in [0.15, 0.2) is 0 Å². The molecule has 1 aromatic carbocycles. The Morgan fingerprint density at radius 2 is 2.05 bits per heavy atom. The van der Waals surface area contributed by atoms with Gasteiger partial charge in [-0.2, -0.15) is 0 Å². The smallest absolute Gasteiger partial charge is 0.410 e. The first kappa shape index (κ1) is 16.3. The lowest BCUT2D eigenvalue weighted by atomic mass is 9.82. The largest absolute Gasteiger partial charge is 0.444 e. The summed E-state index contributed by atoms with van der Waals surface area (Å²) in [5.74, 6) is 0.838. The summed E-state index contributed by atoms with van der Waals surface area (Å²) in [5.41, 5.74) is 2.11. The normalized spacial score (nSPS) is 18.6. The Hall–Kier alpha value is -1.03. The monoisotopic (exact) mass is 353 g/mol. The van der Waals surface area contributed by atoms with Crippen molar-refractivity contribution in [1.82, 2.24) is 4.90 Å². The van der Waals surface area contributed by atoms with Gasteiger partial charge in [0.25, 0.3) is 0 Å². The first-order valence-corrected chi connectivity index (χ1v) is 8.23. The number of carbonyl (C=O) groups excluding carboxylic acids is 1. The summed E-state index contributed by atoms with van der Waals surface area (Å²) >= 11 is 3.52. The minimum absolute atomic E-state index is 0.223. The Morgan fingerprint density at radius 3 is 2.62 bits per heavy atom. The van der Waals surface area contributed by atoms with Crippen LogP contribution in [0.1, 0.15) is 51.7 Å². The van der Waals surface area contributed by atoms with Gasteiger partial charge < -0.3 is 9.64 Å². The van der Waals surface area contributed by atoms with Crippen LogP contribution in [0.2, 0.25) is 0 Å². The van der Waals surface area contributed by atoms with E-state index < -0.39 is 5.60 Å².